The van der Waals surface area contributed by atoms with Crippen LogP contribution < -0.4 is 10.6 Å². The average molecular weight is 587 g/mol. The number of halogens is 1. The van der Waals surface area contributed by atoms with Crippen LogP contribution in [0.25, 0.3) is 11.1 Å². The molecular formula is C32H35ClN6O3. The number of imidazole rings is 1. The van der Waals surface area contributed by atoms with Gasteiger partial charge in [0.1, 0.15) is 6.07 Å². The number of aromatic nitrogens is 2. The second kappa shape index (κ2) is 10.8. The van der Waals surface area contributed by atoms with Crippen molar-refractivity contribution in [3.05, 3.63) is 64.2 Å². The fourth-order valence-corrected chi connectivity index (χ4v) is 7.72. The number of fused-ring (bicyclic) bond motifs is 3. The van der Waals surface area contributed by atoms with Crippen LogP contribution in [0.2, 0.25) is 5.02 Å². The maximum atomic E-state index is 13.5. The van der Waals surface area contributed by atoms with Gasteiger partial charge in [-0.1, -0.05) is 35.9 Å². The van der Waals surface area contributed by atoms with E-state index in [9.17, 15) is 20.0 Å². The van der Waals surface area contributed by atoms with Crippen molar-refractivity contribution in [3.63, 3.8) is 0 Å². The maximum Gasteiger partial charge on any atom is 0.309 e. The summed E-state index contributed by atoms with van der Waals surface area (Å²) in [5.41, 5.74) is 4.60. The zero-order valence-corrected chi connectivity index (χ0v) is 24.7. The smallest absolute Gasteiger partial charge is 0.309 e. The molecule has 2 saturated carbocycles. The molecule has 0 atom stereocenters. The van der Waals surface area contributed by atoms with E-state index in [2.05, 4.69) is 21.6 Å². The number of benzene rings is 2. The van der Waals surface area contributed by atoms with Crippen molar-refractivity contribution in [3.8, 4) is 17.2 Å². The highest BCUT2D eigenvalue weighted by Gasteiger charge is 2.57. The number of nitrogens with zero attached hydrogens (tertiary/aromatic N) is 4. The van der Waals surface area contributed by atoms with E-state index in [-0.39, 0.29) is 11.3 Å². The summed E-state index contributed by atoms with van der Waals surface area (Å²) in [6, 6.07) is 13.2. The summed E-state index contributed by atoms with van der Waals surface area (Å²) in [5.74, 6) is -0.635. The summed E-state index contributed by atoms with van der Waals surface area (Å²) in [6.07, 6.45) is 6.25. The molecule has 42 heavy (non-hydrogen) atoms. The lowest BCUT2D eigenvalue weighted by Crippen LogP contribution is -2.34. The van der Waals surface area contributed by atoms with Gasteiger partial charge in [-0.15, -0.1) is 0 Å². The Balaban J connectivity index is 1.16. The summed E-state index contributed by atoms with van der Waals surface area (Å²) in [6.45, 7) is 2.47. The third-order valence-electron chi connectivity index (χ3n) is 9.91. The van der Waals surface area contributed by atoms with Crippen LogP contribution in [0.4, 0.5) is 11.4 Å². The molecule has 2 aromatic carbocycles. The molecule has 0 unspecified atom stereocenters. The molecule has 2 fully saturated rings. The molecule has 10 heteroatoms. The molecule has 1 aliphatic heterocycles. The molecule has 3 aliphatic rings. The highest BCUT2D eigenvalue weighted by atomic mass is 35.5. The molecule has 2 bridgehead atoms. The molecule has 0 spiro atoms. The molecule has 0 saturated heterocycles. The number of nitrogens with one attached hydrogen (secondary N) is 2. The van der Waals surface area contributed by atoms with Crippen LogP contribution in [0.3, 0.4) is 0 Å². The van der Waals surface area contributed by atoms with E-state index in [0.29, 0.717) is 45.5 Å². The molecule has 3 N–H and O–H groups in total. The first-order valence-corrected chi connectivity index (χ1v) is 14.9. The summed E-state index contributed by atoms with van der Waals surface area (Å²) in [4.78, 5) is 32.4. The number of anilines is 2. The normalized spacial score (nSPS) is 22.9. The van der Waals surface area contributed by atoms with Gasteiger partial charge in [-0.3, -0.25) is 14.5 Å². The molecule has 9 nitrogen and oxygen atoms in total. The van der Waals surface area contributed by atoms with Gasteiger partial charge in [0.15, 0.2) is 5.82 Å². The number of aliphatic carboxylic acids is 1. The van der Waals surface area contributed by atoms with E-state index in [1.807, 2.05) is 35.9 Å². The van der Waals surface area contributed by atoms with Gasteiger partial charge < -0.3 is 20.3 Å². The minimum Gasteiger partial charge on any atom is -0.481 e. The Labute approximate surface area is 250 Å². The highest BCUT2D eigenvalue weighted by Crippen LogP contribution is 2.63. The van der Waals surface area contributed by atoms with Gasteiger partial charge in [0.25, 0.3) is 5.91 Å². The van der Waals surface area contributed by atoms with E-state index in [4.69, 9.17) is 16.6 Å². The standard InChI is InChI=1S/C32H35ClN6O3/c1-35-23-7-3-5-20(22(23)17-34)21-6-4-8-24(27(21)33)37-29(40)28-36-25-18-39(15-9-26(25)38(28)2)16-14-31-10-12-32(19-31,13-11-31)30(41)42/h3-8,35H,9-16,18-19H2,1-2H3,(H,37,40)(H,41,42). The Morgan fingerprint density at radius 3 is 2.50 bits per heavy atom. The quantitative estimate of drug-likeness (QED) is 0.310. The Bertz CT molecular complexity index is 1610. The molecule has 1 amide bonds. The Hall–Kier alpha value is -3.87. The molecule has 6 rings (SSSR count). The fraction of sp³-hybridized carbons (Fsp3) is 0.438. The predicted molar refractivity (Wildman–Crippen MR) is 161 cm³/mol. The monoisotopic (exact) mass is 586 g/mol. The number of hydrogen-bond donors (Lipinski definition) is 3. The lowest BCUT2D eigenvalue weighted by Gasteiger charge is -2.32. The summed E-state index contributed by atoms with van der Waals surface area (Å²) >= 11 is 6.79. The van der Waals surface area contributed by atoms with Gasteiger partial charge in [0.2, 0.25) is 0 Å². The third kappa shape index (κ3) is 4.73. The number of carboxylic acids is 1. The van der Waals surface area contributed by atoms with Gasteiger partial charge in [0.05, 0.1) is 33.1 Å². The maximum absolute atomic E-state index is 13.5. The summed E-state index contributed by atoms with van der Waals surface area (Å²) < 4.78 is 1.87. The topological polar surface area (TPSA) is 123 Å². The highest BCUT2D eigenvalue weighted by molar-refractivity contribution is 6.36. The molecule has 2 heterocycles. The number of rotatable bonds is 8. The Kier molecular flexibility index (Phi) is 7.24. The van der Waals surface area contributed by atoms with Gasteiger partial charge in [-0.25, -0.2) is 4.98 Å². The van der Waals surface area contributed by atoms with Crippen molar-refractivity contribution in [2.75, 3.05) is 30.8 Å². The summed E-state index contributed by atoms with van der Waals surface area (Å²) in [7, 11) is 3.64. The first-order valence-electron chi connectivity index (χ1n) is 14.5. The number of carboxylic acid groups (broad SMARTS) is 1. The number of hydrogen-bond acceptors (Lipinski definition) is 6. The van der Waals surface area contributed by atoms with E-state index in [0.717, 1.165) is 69.4 Å². The zero-order valence-electron chi connectivity index (χ0n) is 24.0. The SMILES string of the molecule is CNc1cccc(-c2cccc(NC(=O)c3nc4c(n3C)CCN(CCC35CCC(C(=O)O)(CC3)C5)C4)c2Cl)c1C#N. The lowest BCUT2D eigenvalue weighted by molar-refractivity contribution is -0.148. The van der Waals surface area contributed by atoms with Crippen molar-refractivity contribution in [1.82, 2.24) is 14.5 Å². The van der Waals surface area contributed by atoms with E-state index in [1.54, 1.807) is 19.2 Å². The largest absolute Gasteiger partial charge is 0.481 e. The minimum atomic E-state index is -0.619. The van der Waals surface area contributed by atoms with Gasteiger partial charge in [0, 0.05) is 50.4 Å². The second-order valence-corrected chi connectivity index (χ2v) is 12.5. The van der Waals surface area contributed by atoms with Crippen LogP contribution in [-0.2, 0) is 24.8 Å². The summed E-state index contributed by atoms with van der Waals surface area (Å²) in [5, 5.41) is 25.9. The molecule has 1 aromatic heterocycles. The Morgan fingerprint density at radius 2 is 1.83 bits per heavy atom. The van der Waals surface area contributed by atoms with Gasteiger partial charge in [-0.05, 0) is 62.6 Å². The predicted octanol–water partition coefficient (Wildman–Crippen LogP) is 5.69. The van der Waals surface area contributed by atoms with Crippen LogP contribution in [0.5, 0.6) is 0 Å². The van der Waals surface area contributed by atoms with Crippen molar-refractivity contribution < 1.29 is 14.7 Å². The van der Waals surface area contributed by atoms with Gasteiger partial charge >= 0.3 is 5.97 Å². The van der Waals surface area contributed by atoms with E-state index >= 15 is 0 Å². The Morgan fingerprint density at radius 1 is 1.12 bits per heavy atom. The molecule has 0 radical (unpaired) electrons. The van der Waals surface area contributed by atoms with Crippen LogP contribution in [0, 0.1) is 22.2 Å². The lowest BCUT2D eigenvalue weighted by atomic mass is 9.80. The third-order valence-corrected chi connectivity index (χ3v) is 10.3. The number of amides is 1. The molecular weight excluding hydrogens is 552 g/mol. The molecule has 3 aromatic rings. The van der Waals surface area contributed by atoms with Crippen LogP contribution in [-0.4, -0.2) is 51.6 Å². The van der Waals surface area contributed by atoms with Crippen molar-refractivity contribution in [2.24, 2.45) is 17.9 Å². The number of carbonyl (C=O) groups is 2. The van der Waals surface area contributed by atoms with E-state index < -0.39 is 11.4 Å². The van der Waals surface area contributed by atoms with Crippen LogP contribution in [0.1, 0.15) is 66.1 Å². The number of carbonyl (C=O) groups excluding carboxylic acids is 1. The minimum absolute atomic E-state index is 0.157. The van der Waals surface area contributed by atoms with E-state index in [1.165, 1.54) is 0 Å². The number of nitriles is 1. The van der Waals surface area contributed by atoms with Crippen molar-refractivity contribution in [1.29, 1.82) is 5.26 Å². The molecule has 218 valence electrons. The second-order valence-electron chi connectivity index (χ2n) is 12.1. The fourth-order valence-electron chi connectivity index (χ4n) is 7.45. The van der Waals surface area contributed by atoms with Crippen LogP contribution >= 0.6 is 11.6 Å². The first-order chi connectivity index (χ1) is 20.2. The van der Waals surface area contributed by atoms with Crippen LogP contribution in [0.15, 0.2) is 36.4 Å². The zero-order chi connectivity index (χ0) is 29.6. The van der Waals surface area contributed by atoms with Gasteiger partial charge in [-0.2, -0.15) is 5.26 Å². The molecule has 2 aliphatic carbocycles. The van der Waals surface area contributed by atoms with Crippen molar-refractivity contribution in [2.45, 2.75) is 51.5 Å². The first kappa shape index (κ1) is 28.3. The average Bonchev–Trinajstić information content (AvgIpc) is 3.67. The van der Waals surface area contributed by atoms with Crippen molar-refractivity contribution >= 4 is 34.9 Å².